The van der Waals surface area contributed by atoms with E-state index in [1.165, 1.54) is 55.1 Å². The molecule has 0 bridgehead atoms. The molecule has 0 aliphatic rings. The van der Waals surface area contributed by atoms with Crippen LogP contribution in [0.1, 0.15) is 0 Å². The maximum atomic E-state index is 3.03. The smallest absolute Gasteiger partial charge is 0.00139 e. The van der Waals surface area contributed by atoms with Crippen molar-refractivity contribution in [3.8, 4) is 44.5 Å². The van der Waals surface area contributed by atoms with Crippen molar-refractivity contribution in [1.82, 2.24) is 0 Å². The average Bonchev–Trinajstić information content (AvgIpc) is 2.87. The lowest BCUT2D eigenvalue weighted by Gasteiger charge is -2.25. The molecule has 0 heterocycles. The fraction of sp³-hybridized carbons (Fsp3) is 0. The van der Waals surface area contributed by atoms with E-state index in [0.717, 1.165) is 0 Å². The first-order chi connectivity index (χ1) is 15.8. The summed E-state index contributed by atoms with van der Waals surface area (Å²) in [5, 5.41) is 2.41. The highest BCUT2D eigenvalue weighted by Crippen LogP contribution is 2.45. The van der Waals surface area contributed by atoms with Crippen LogP contribution in [0.3, 0.4) is 0 Å². The molecule has 5 aromatic rings. The van der Waals surface area contributed by atoms with Crippen molar-refractivity contribution in [2.45, 2.75) is 0 Å². The average molecular weight is 446 g/mol. The third-order valence-corrected chi connectivity index (χ3v) is 7.36. The molecule has 0 aliphatic carbocycles. The monoisotopic (exact) mass is 446 g/mol. The molecule has 5 aromatic carbocycles. The molecule has 32 heavy (non-hydrogen) atoms. The van der Waals surface area contributed by atoms with E-state index in [0.29, 0.717) is 0 Å². The maximum absolute atomic E-state index is 3.03. The Kier molecular flexibility index (Phi) is 6.00. The second-order valence-corrected chi connectivity index (χ2v) is 8.95. The minimum Gasteiger partial charge on any atom is -0.104 e. The molecule has 0 amide bonds. The van der Waals surface area contributed by atoms with E-state index in [2.05, 4.69) is 140 Å². The Morgan fingerprint density at radius 1 is 0.281 bits per heavy atom. The summed E-state index contributed by atoms with van der Waals surface area (Å²) in [6.45, 7) is 0. The van der Waals surface area contributed by atoms with E-state index in [9.17, 15) is 0 Å². The van der Waals surface area contributed by atoms with E-state index in [-0.39, 0.29) is 0 Å². The topological polar surface area (TPSA) is 0 Å². The van der Waals surface area contributed by atoms with Gasteiger partial charge in [-0.1, -0.05) is 121 Å². The predicted molar refractivity (Wildman–Crippen MR) is 147 cm³/mol. The van der Waals surface area contributed by atoms with Crippen LogP contribution in [0.15, 0.2) is 121 Å². The Hall–Kier alpha value is -3.04. The van der Waals surface area contributed by atoms with Gasteiger partial charge in [-0.05, 0) is 55.1 Å². The standard InChI is InChI=1S/C30H24P2/c31-29-27(23-17-9-3-10-18-23)25(21-13-5-1-6-14-21)26(22-15-7-2-8-16-22)28(30(29)32)24-19-11-4-12-20-24/h1-20H,31-32H2. The highest BCUT2D eigenvalue weighted by Gasteiger charge is 2.24. The number of benzene rings is 5. The Morgan fingerprint density at radius 3 is 0.750 bits per heavy atom. The number of rotatable bonds is 4. The molecule has 0 nitrogen and oxygen atoms in total. The third-order valence-electron chi connectivity index (χ3n) is 5.83. The van der Waals surface area contributed by atoms with Crippen molar-refractivity contribution >= 4 is 29.1 Å². The quantitative estimate of drug-likeness (QED) is 0.253. The zero-order valence-corrected chi connectivity index (χ0v) is 20.0. The van der Waals surface area contributed by atoms with Gasteiger partial charge in [0.05, 0.1) is 0 Å². The molecule has 0 N–H and O–H groups in total. The first-order valence-corrected chi connectivity index (χ1v) is 11.9. The van der Waals surface area contributed by atoms with Gasteiger partial charge in [-0.2, -0.15) is 0 Å². The van der Waals surface area contributed by atoms with Crippen molar-refractivity contribution in [1.29, 1.82) is 0 Å². The van der Waals surface area contributed by atoms with Crippen LogP contribution in [-0.2, 0) is 0 Å². The van der Waals surface area contributed by atoms with E-state index in [1.807, 2.05) is 0 Å². The molecule has 2 atom stereocenters. The molecule has 0 fully saturated rings. The Labute approximate surface area is 194 Å². The Balaban J connectivity index is 2.00. The van der Waals surface area contributed by atoms with E-state index < -0.39 is 0 Å². The van der Waals surface area contributed by atoms with Crippen molar-refractivity contribution in [3.05, 3.63) is 121 Å². The summed E-state index contributed by atoms with van der Waals surface area (Å²) >= 11 is 0. The van der Waals surface area contributed by atoms with Crippen LogP contribution in [0.2, 0.25) is 0 Å². The van der Waals surface area contributed by atoms with Crippen LogP contribution in [0.5, 0.6) is 0 Å². The minimum absolute atomic E-state index is 1.21. The van der Waals surface area contributed by atoms with Crippen LogP contribution in [0, 0.1) is 0 Å². The van der Waals surface area contributed by atoms with Gasteiger partial charge in [0, 0.05) is 0 Å². The van der Waals surface area contributed by atoms with Gasteiger partial charge < -0.3 is 0 Å². The summed E-state index contributed by atoms with van der Waals surface area (Å²) in [6.07, 6.45) is 0. The van der Waals surface area contributed by atoms with E-state index >= 15 is 0 Å². The fourth-order valence-electron chi connectivity index (χ4n) is 4.38. The number of hydrogen-bond acceptors (Lipinski definition) is 0. The molecule has 0 saturated carbocycles. The molecule has 0 aromatic heterocycles. The zero-order chi connectivity index (χ0) is 21.9. The van der Waals surface area contributed by atoms with Crippen LogP contribution >= 0.6 is 18.5 Å². The summed E-state index contributed by atoms with van der Waals surface area (Å²) < 4.78 is 0. The van der Waals surface area contributed by atoms with Crippen molar-refractivity contribution < 1.29 is 0 Å². The van der Waals surface area contributed by atoms with Gasteiger partial charge in [0.25, 0.3) is 0 Å². The second kappa shape index (κ2) is 9.22. The maximum Gasteiger partial charge on any atom is -0.00139 e. The molecule has 5 rings (SSSR count). The van der Waals surface area contributed by atoms with Gasteiger partial charge in [-0.25, -0.2) is 0 Å². The summed E-state index contributed by atoms with van der Waals surface area (Å²) in [5.41, 5.74) is 9.91. The first kappa shape index (κ1) is 20.8. The molecule has 0 aliphatic heterocycles. The highest BCUT2D eigenvalue weighted by atomic mass is 31.0. The van der Waals surface area contributed by atoms with Gasteiger partial charge in [-0.3, -0.25) is 0 Å². The lowest BCUT2D eigenvalue weighted by atomic mass is 9.82. The van der Waals surface area contributed by atoms with E-state index in [4.69, 9.17) is 0 Å². The summed E-state index contributed by atoms with van der Waals surface area (Å²) in [5.74, 6) is 0. The molecule has 2 heteroatoms. The highest BCUT2D eigenvalue weighted by molar-refractivity contribution is 7.36. The third kappa shape index (κ3) is 3.82. The predicted octanol–water partition coefficient (Wildman–Crippen LogP) is 7.36. The molecule has 0 spiro atoms. The van der Waals surface area contributed by atoms with Crippen molar-refractivity contribution in [2.75, 3.05) is 0 Å². The number of hydrogen-bond donors (Lipinski definition) is 0. The zero-order valence-electron chi connectivity index (χ0n) is 17.7. The second-order valence-electron chi connectivity index (χ2n) is 7.79. The lowest BCUT2D eigenvalue weighted by Crippen LogP contribution is -2.20. The van der Waals surface area contributed by atoms with Gasteiger partial charge in [0.15, 0.2) is 0 Å². The largest absolute Gasteiger partial charge is 0.104 e. The molecular formula is C30H24P2. The van der Waals surface area contributed by atoms with Gasteiger partial charge in [0.2, 0.25) is 0 Å². The molecular weight excluding hydrogens is 422 g/mol. The van der Waals surface area contributed by atoms with E-state index in [1.54, 1.807) is 0 Å². The fourth-order valence-corrected chi connectivity index (χ4v) is 5.30. The molecule has 2 unspecified atom stereocenters. The Morgan fingerprint density at radius 2 is 0.500 bits per heavy atom. The molecule has 0 radical (unpaired) electrons. The summed E-state index contributed by atoms with van der Waals surface area (Å²) in [4.78, 5) is 0. The lowest BCUT2D eigenvalue weighted by molar-refractivity contribution is 1.57. The van der Waals surface area contributed by atoms with Crippen molar-refractivity contribution in [3.63, 3.8) is 0 Å². The minimum atomic E-state index is 1.21. The first-order valence-electron chi connectivity index (χ1n) is 10.7. The molecule has 154 valence electrons. The molecule has 0 saturated heterocycles. The van der Waals surface area contributed by atoms with Crippen LogP contribution in [0.25, 0.3) is 44.5 Å². The SMILES string of the molecule is Pc1c(P)c(-c2ccccc2)c(-c2ccccc2)c(-c2ccccc2)c1-c1ccccc1. The van der Waals surface area contributed by atoms with Crippen LogP contribution in [-0.4, -0.2) is 0 Å². The van der Waals surface area contributed by atoms with Gasteiger partial charge in [0.1, 0.15) is 0 Å². The van der Waals surface area contributed by atoms with Crippen molar-refractivity contribution in [2.24, 2.45) is 0 Å². The summed E-state index contributed by atoms with van der Waals surface area (Å²) in [6, 6.07) is 43.0. The Bertz CT molecular complexity index is 1240. The summed E-state index contributed by atoms with van der Waals surface area (Å²) in [7, 11) is 6.05. The van der Waals surface area contributed by atoms with Crippen LogP contribution < -0.4 is 10.6 Å². The van der Waals surface area contributed by atoms with Gasteiger partial charge >= 0.3 is 0 Å². The van der Waals surface area contributed by atoms with Crippen LogP contribution in [0.4, 0.5) is 0 Å². The van der Waals surface area contributed by atoms with Gasteiger partial charge in [-0.15, -0.1) is 18.5 Å². The normalized spacial score (nSPS) is 10.8.